The van der Waals surface area contributed by atoms with E-state index in [1.807, 2.05) is 0 Å². The van der Waals surface area contributed by atoms with Gasteiger partial charge in [0.25, 0.3) is 0 Å². The highest BCUT2D eigenvalue weighted by molar-refractivity contribution is 6.18. The van der Waals surface area contributed by atoms with E-state index >= 15 is 0 Å². The highest BCUT2D eigenvalue weighted by atomic mass is 15.2. The molecule has 9 aromatic carbocycles. The maximum absolute atomic E-state index is 2.51. The van der Waals surface area contributed by atoms with Gasteiger partial charge < -0.3 is 9.47 Å². The summed E-state index contributed by atoms with van der Waals surface area (Å²) >= 11 is 0. The lowest BCUT2D eigenvalue weighted by atomic mass is 9.93. The molecule has 0 unspecified atom stereocenters. The molecule has 0 amide bonds. The van der Waals surface area contributed by atoms with Crippen LogP contribution in [0.2, 0.25) is 0 Å². The maximum Gasteiger partial charge on any atom is 0.0562 e. The SMILES string of the molecule is c1ccc(-n2c3ccccc3c3c(N(c4ccccc4-c4cccc5ccccc45)c4ccccc4-c4cccc5ccccc45)cccc32)cc1. The van der Waals surface area contributed by atoms with Crippen molar-refractivity contribution < 1.29 is 0 Å². The molecule has 0 atom stereocenters. The van der Waals surface area contributed by atoms with E-state index in [2.05, 4.69) is 216 Å². The van der Waals surface area contributed by atoms with Gasteiger partial charge in [-0.25, -0.2) is 0 Å². The molecule has 0 radical (unpaired) electrons. The van der Waals surface area contributed by atoms with Gasteiger partial charge in [0, 0.05) is 27.6 Å². The van der Waals surface area contributed by atoms with Crippen LogP contribution in [0.3, 0.4) is 0 Å². The Morgan fingerprint density at radius 3 is 1.35 bits per heavy atom. The van der Waals surface area contributed by atoms with Crippen LogP contribution in [0.5, 0.6) is 0 Å². The van der Waals surface area contributed by atoms with Gasteiger partial charge in [-0.3, -0.25) is 0 Å². The predicted octanol–water partition coefficient (Wildman–Crippen LogP) is 13.9. The summed E-state index contributed by atoms with van der Waals surface area (Å²) in [5.41, 5.74) is 11.6. The van der Waals surface area contributed by atoms with Gasteiger partial charge in [-0.2, -0.15) is 0 Å². The van der Waals surface area contributed by atoms with Crippen molar-refractivity contribution in [1.82, 2.24) is 4.57 Å². The minimum Gasteiger partial charge on any atom is -0.309 e. The van der Waals surface area contributed by atoms with Crippen molar-refractivity contribution in [3.8, 4) is 27.9 Å². The second-order valence-electron chi connectivity index (χ2n) is 13.3. The molecule has 0 aliphatic heterocycles. The van der Waals surface area contributed by atoms with Crippen molar-refractivity contribution in [2.24, 2.45) is 0 Å². The molecule has 2 nitrogen and oxygen atoms in total. The van der Waals surface area contributed by atoms with E-state index in [1.54, 1.807) is 0 Å². The van der Waals surface area contributed by atoms with Crippen molar-refractivity contribution in [1.29, 1.82) is 0 Å². The summed E-state index contributed by atoms with van der Waals surface area (Å²) in [6.07, 6.45) is 0. The Labute approximate surface area is 303 Å². The minimum absolute atomic E-state index is 1.12. The van der Waals surface area contributed by atoms with E-state index in [4.69, 9.17) is 0 Å². The number of anilines is 3. The lowest BCUT2D eigenvalue weighted by Gasteiger charge is -2.31. The van der Waals surface area contributed by atoms with Crippen LogP contribution in [0.1, 0.15) is 0 Å². The van der Waals surface area contributed by atoms with Crippen LogP contribution in [0.4, 0.5) is 17.1 Å². The Balaban J connectivity index is 1.34. The van der Waals surface area contributed by atoms with E-state index < -0.39 is 0 Å². The second kappa shape index (κ2) is 12.5. The molecule has 0 aliphatic rings. The zero-order chi connectivity index (χ0) is 34.4. The second-order valence-corrected chi connectivity index (χ2v) is 13.3. The van der Waals surface area contributed by atoms with Gasteiger partial charge in [0.05, 0.1) is 28.1 Å². The van der Waals surface area contributed by atoms with E-state index in [1.165, 1.54) is 65.6 Å². The molecule has 0 saturated heterocycles. The van der Waals surface area contributed by atoms with Gasteiger partial charge in [0.2, 0.25) is 0 Å². The zero-order valence-corrected chi connectivity index (χ0v) is 28.5. The summed E-state index contributed by atoms with van der Waals surface area (Å²) in [6, 6.07) is 74.8. The minimum atomic E-state index is 1.12. The zero-order valence-electron chi connectivity index (χ0n) is 28.5. The summed E-state index contributed by atoms with van der Waals surface area (Å²) < 4.78 is 2.40. The first-order valence-electron chi connectivity index (χ1n) is 17.9. The molecule has 1 heterocycles. The van der Waals surface area contributed by atoms with Crippen LogP contribution in [-0.4, -0.2) is 4.57 Å². The van der Waals surface area contributed by atoms with Crippen molar-refractivity contribution in [3.05, 3.63) is 206 Å². The van der Waals surface area contributed by atoms with Crippen LogP contribution in [-0.2, 0) is 0 Å². The smallest absolute Gasteiger partial charge is 0.0562 e. The Kier molecular flexibility index (Phi) is 7.18. The number of fused-ring (bicyclic) bond motifs is 5. The molecule has 0 N–H and O–H groups in total. The van der Waals surface area contributed by atoms with Crippen LogP contribution in [0.25, 0.3) is 71.3 Å². The molecular formula is C50H34N2. The Morgan fingerprint density at radius 2 is 0.712 bits per heavy atom. The molecule has 0 spiro atoms. The van der Waals surface area contributed by atoms with Crippen molar-refractivity contribution in [2.75, 3.05) is 4.90 Å². The van der Waals surface area contributed by atoms with E-state index in [0.29, 0.717) is 0 Å². The first-order valence-corrected chi connectivity index (χ1v) is 17.9. The molecule has 0 aliphatic carbocycles. The standard InChI is InChI=1S/C50H34N2/c1-2-21-37(22-3-1)51-47-32-13-10-27-44(47)50-48(51)33-16-34-49(50)52(45-30-11-8-25-42(45)40-28-14-19-35-17-4-6-23-38(35)40)46-31-12-9-26-43(46)41-29-15-20-36-18-5-7-24-39(36)41/h1-34H. The number of hydrogen-bond donors (Lipinski definition) is 0. The van der Waals surface area contributed by atoms with Crippen molar-refractivity contribution in [3.63, 3.8) is 0 Å². The van der Waals surface area contributed by atoms with Crippen LogP contribution < -0.4 is 4.90 Å². The predicted molar refractivity (Wildman–Crippen MR) is 221 cm³/mol. The van der Waals surface area contributed by atoms with E-state index in [0.717, 1.165) is 22.7 Å². The molecule has 0 fully saturated rings. The number of para-hydroxylation sites is 4. The lowest BCUT2D eigenvalue weighted by molar-refractivity contribution is 1.18. The number of aromatic nitrogens is 1. The van der Waals surface area contributed by atoms with Gasteiger partial charge in [-0.1, -0.05) is 164 Å². The largest absolute Gasteiger partial charge is 0.309 e. The molecular weight excluding hydrogens is 629 g/mol. The third-order valence-electron chi connectivity index (χ3n) is 10.4. The summed E-state index contributed by atoms with van der Waals surface area (Å²) in [5, 5.41) is 7.35. The maximum atomic E-state index is 2.51. The molecule has 0 bridgehead atoms. The number of rotatable bonds is 6. The Morgan fingerprint density at radius 1 is 0.288 bits per heavy atom. The van der Waals surface area contributed by atoms with Crippen molar-refractivity contribution >= 4 is 60.4 Å². The van der Waals surface area contributed by atoms with Gasteiger partial charge in [-0.05, 0) is 75.1 Å². The fraction of sp³-hybridized carbons (Fsp3) is 0. The van der Waals surface area contributed by atoms with Crippen molar-refractivity contribution in [2.45, 2.75) is 0 Å². The number of hydrogen-bond acceptors (Lipinski definition) is 1. The molecule has 52 heavy (non-hydrogen) atoms. The fourth-order valence-corrected chi connectivity index (χ4v) is 8.14. The molecule has 0 saturated carbocycles. The molecule has 244 valence electrons. The monoisotopic (exact) mass is 662 g/mol. The van der Waals surface area contributed by atoms with E-state index in [9.17, 15) is 0 Å². The highest BCUT2D eigenvalue weighted by Crippen LogP contribution is 2.50. The van der Waals surface area contributed by atoms with Gasteiger partial charge in [0.15, 0.2) is 0 Å². The molecule has 10 aromatic rings. The van der Waals surface area contributed by atoms with Gasteiger partial charge >= 0.3 is 0 Å². The van der Waals surface area contributed by atoms with Crippen LogP contribution >= 0.6 is 0 Å². The molecule has 2 heteroatoms. The average Bonchev–Trinajstić information content (AvgIpc) is 3.56. The number of benzene rings is 9. The molecule has 1 aromatic heterocycles. The third kappa shape index (κ3) is 4.80. The quantitative estimate of drug-likeness (QED) is 0.172. The summed E-state index contributed by atoms with van der Waals surface area (Å²) in [5.74, 6) is 0. The van der Waals surface area contributed by atoms with Crippen LogP contribution in [0.15, 0.2) is 206 Å². The third-order valence-corrected chi connectivity index (χ3v) is 10.4. The lowest BCUT2D eigenvalue weighted by Crippen LogP contribution is -2.13. The summed E-state index contributed by atoms with van der Waals surface area (Å²) in [4.78, 5) is 2.51. The average molecular weight is 663 g/mol. The topological polar surface area (TPSA) is 8.17 Å². The van der Waals surface area contributed by atoms with Gasteiger partial charge in [0.1, 0.15) is 0 Å². The first kappa shape index (κ1) is 30.0. The molecule has 10 rings (SSSR count). The van der Waals surface area contributed by atoms with Crippen LogP contribution in [0, 0.1) is 0 Å². The summed E-state index contributed by atoms with van der Waals surface area (Å²) in [6.45, 7) is 0. The van der Waals surface area contributed by atoms with E-state index in [-0.39, 0.29) is 0 Å². The van der Waals surface area contributed by atoms with Gasteiger partial charge in [-0.15, -0.1) is 0 Å². The highest BCUT2D eigenvalue weighted by Gasteiger charge is 2.25. The number of nitrogens with zero attached hydrogens (tertiary/aromatic N) is 2. The Hall–Kier alpha value is -6.90. The first-order chi connectivity index (χ1) is 25.8. The Bertz CT molecular complexity index is 2780. The fourth-order valence-electron chi connectivity index (χ4n) is 8.14. The summed E-state index contributed by atoms with van der Waals surface area (Å²) in [7, 11) is 0. The normalized spacial score (nSPS) is 11.5.